The second kappa shape index (κ2) is 5.80. The summed E-state index contributed by atoms with van der Waals surface area (Å²) in [6.45, 7) is 2.73. The van der Waals surface area contributed by atoms with E-state index in [1.807, 2.05) is 13.0 Å². The molecule has 0 amide bonds. The van der Waals surface area contributed by atoms with Gasteiger partial charge >= 0.3 is 0 Å². The molecule has 0 bridgehead atoms. The molecule has 0 radical (unpaired) electrons. The average Bonchev–Trinajstić information content (AvgIpc) is 2.91. The summed E-state index contributed by atoms with van der Waals surface area (Å²) >= 11 is 1.78. The molecule has 0 spiro atoms. The second-order valence-electron chi connectivity index (χ2n) is 4.93. The third-order valence-corrected chi connectivity index (χ3v) is 4.40. The highest BCUT2D eigenvalue weighted by Crippen LogP contribution is 2.36. The standard InChI is InChI=1S/C17H19NOS/c1-3-19-14-6-9-16-13(10-14)11-17(18-16)12-4-7-15(20-2)8-5-12/h4-10,17-18H,3,11H2,1-2H3. The molecular weight excluding hydrogens is 266 g/mol. The largest absolute Gasteiger partial charge is 0.494 e. The zero-order chi connectivity index (χ0) is 13.9. The highest BCUT2D eigenvalue weighted by molar-refractivity contribution is 7.98. The number of anilines is 1. The van der Waals surface area contributed by atoms with Crippen molar-refractivity contribution < 1.29 is 4.74 Å². The van der Waals surface area contributed by atoms with Crippen molar-refractivity contribution >= 4 is 17.4 Å². The van der Waals surface area contributed by atoms with Crippen LogP contribution in [0.1, 0.15) is 24.1 Å². The minimum absolute atomic E-state index is 0.373. The first-order chi connectivity index (χ1) is 9.80. The summed E-state index contributed by atoms with van der Waals surface area (Å²) in [5, 5.41) is 3.60. The number of benzene rings is 2. The highest BCUT2D eigenvalue weighted by atomic mass is 32.2. The summed E-state index contributed by atoms with van der Waals surface area (Å²) in [6.07, 6.45) is 3.13. The number of hydrogen-bond acceptors (Lipinski definition) is 3. The quantitative estimate of drug-likeness (QED) is 0.835. The number of ether oxygens (including phenoxy) is 1. The van der Waals surface area contributed by atoms with Gasteiger partial charge in [-0.15, -0.1) is 11.8 Å². The van der Waals surface area contributed by atoms with Crippen molar-refractivity contribution in [2.75, 3.05) is 18.2 Å². The van der Waals surface area contributed by atoms with Gasteiger partial charge in [-0.25, -0.2) is 0 Å². The lowest BCUT2D eigenvalue weighted by atomic mass is 10.0. The maximum atomic E-state index is 5.57. The zero-order valence-electron chi connectivity index (χ0n) is 11.8. The predicted octanol–water partition coefficient (Wildman–Crippen LogP) is 4.52. The molecule has 3 heteroatoms. The van der Waals surface area contributed by atoms with Crippen LogP contribution in [0.3, 0.4) is 0 Å². The van der Waals surface area contributed by atoms with Crippen LogP contribution in [0.15, 0.2) is 47.4 Å². The first-order valence-electron chi connectivity index (χ1n) is 6.96. The molecule has 1 aliphatic rings. The summed E-state index contributed by atoms with van der Waals surface area (Å²) in [6, 6.07) is 15.5. The van der Waals surface area contributed by atoms with Gasteiger partial charge in [-0.2, -0.15) is 0 Å². The Morgan fingerprint density at radius 3 is 2.70 bits per heavy atom. The van der Waals surface area contributed by atoms with Gasteiger partial charge in [-0.3, -0.25) is 0 Å². The number of rotatable bonds is 4. The fourth-order valence-electron chi connectivity index (χ4n) is 2.63. The van der Waals surface area contributed by atoms with Crippen molar-refractivity contribution in [2.45, 2.75) is 24.3 Å². The molecule has 2 aromatic rings. The van der Waals surface area contributed by atoms with E-state index >= 15 is 0 Å². The third kappa shape index (κ3) is 2.63. The first kappa shape index (κ1) is 13.4. The van der Waals surface area contributed by atoms with E-state index in [-0.39, 0.29) is 0 Å². The fourth-order valence-corrected chi connectivity index (χ4v) is 3.04. The zero-order valence-corrected chi connectivity index (χ0v) is 12.7. The Labute approximate surface area is 124 Å². The van der Waals surface area contributed by atoms with Gasteiger partial charge in [0.25, 0.3) is 0 Å². The molecular formula is C17H19NOS. The SMILES string of the molecule is CCOc1ccc2c(c1)CC(c1ccc(SC)cc1)N2. The summed E-state index contributed by atoms with van der Waals surface area (Å²) in [5.74, 6) is 0.964. The molecule has 0 saturated carbocycles. The summed E-state index contributed by atoms with van der Waals surface area (Å²) in [5.41, 5.74) is 3.92. The lowest BCUT2D eigenvalue weighted by Crippen LogP contribution is -2.05. The number of hydrogen-bond donors (Lipinski definition) is 1. The Morgan fingerprint density at radius 2 is 2.00 bits per heavy atom. The Hall–Kier alpha value is -1.61. The predicted molar refractivity (Wildman–Crippen MR) is 85.9 cm³/mol. The van der Waals surface area contributed by atoms with Crippen LogP contribution in [0.25, 0.3) is 0 Å². The molecule has 104 valence electrons. The smallest absolute Gasteiger partial charge is 0.119 e. The van der Waals surface area contributed by atoms with Crippen LogP contribution in [-0.2, 0) is 6.42 Å². The fraction of sp³-hybridized carbons (Fsp3) is 0.294. The van der Waals surface area contributed by atoms with Crippen molar-refractivity contribution in [2.24, 2.45) is 0 Å². The number of fused-ring (bicyclic) bond motifs is 1. The molecule has 0 saturated heterocycles. The van der Waals surface area contributed by atoms with E-state index in [4.69, 9.17) is 4.74 Å². The topological polar surface area (TPSA) is 21.3 Å². The lowest BCUT2D eigenvalue weighted by Gasteiger charge is -2.12. The van der Waals surface area contributed by atoms with Crippen molar-refractivity contribution in [1.29, 1.82) is 0 Å². The van der Waals surface area contributed by atoms with Crippen molar-refractivity contribution in [3.8, 4) is 5.75 Å². The van der Waals surface area contributed by atoms with Crippen LogP contribution in [0.5, 0.6) is 5.75 Å². The first-order valence-corrected chi connectivity index (χ1v) is 8.19. The Morgan fingerprint density at radius 1 is 1.20 bits per heavy atom. The van der Waals surface area contributed by atoms with Crippen molar-refractivity contribution in [1.82, 2.24) is 0 Å². The van der Waals surface area contributed by atoms with Crippen LogP contribution in [0.2, 0.25) is 0 Å². The van der Waals surface area contributed by atoms with E-state index in [9.17, 15) is 0 Å². The van der Waals surface area contributed by atoms with Gasteiger partial charge in [-0.05, 0) is 61.1 Å². The molecule has 1 unspecified atom stereocenters. The van der Waals surface area contributed by atoms with Gasteiger partial charge < -0.3 is 10.1 Å². The maximum absolute atomic E-state index is 5.57. The molecule has 1 heterocycles. The summed E-state index contributed by atoms with van der Waals surface area (Å²) < 4.78 is 5.57. The second-order valence-corrected chi connectivity index (χ2v) is 5.81. The van der Waals surface area contributed by atoms with E-state index in [1.54, 1.807) is 11.8 Å². The number of nitrogens with one attached hydrogen (secondary N) is 1. The average molecular weight is 285 g/mol. The summed E-state index contributed by atoms with van der Waals surface area (Å²) in [7, 11) is 0. The lowest BCUT2D eigenvalue weighted by molar-refractivity contribution is 0.340. The van der Waals surface area contributed by atoms with E-state index in [0.717, 1.165) is 12.2 Å². The molecule has 1 atom stereocenters. The number of thioether (sulfide) groups is 1. The van der Waals surface area contributed by atoms with E-state index < -0.39 is 0 Å². The minimum atomic E-state index is 0.373. The van der Waals surface area contributed by atoms with E-state index in [1.165, 1.54) is 21.7 Å². The maximum Gasteiger partial charge on any atom is 0.119 e. The molecule has 0 fully saturated rings. The van der Waals surface area contributed by atoms with Gasteiger partial charge in [0.2, 0.25) is 0 Å². The van der Waals surface area contributed by atoms with Gasteiger partial charge in [0.05, 0.1) is 12.6 Å². The molecule has 0 aromatic heterocycles. The molecule has 2 nitrogen and oxygen atoms in total. The molecule has 3 rings (SSSR count). The Kier molecular flexibility index (Phi) is 3.88. The Balaban J connectivity index is 1.78. The minimum Gasteiger partial charge on any atom is -0.494 e. The van der Waals surface area contributed by atoms with Gasteiger partial charge in [0.15, 0.2) is 0 Å². The van der Waals surface area contributed by atoms with E-state index in [2.05, 4.69) is 48.0 Å². The van der Waals surface area contributed by atoms with Gasteiger partial charge in [0.1, 0.15) is 5.75 Å². The molecule has 0 aliphatic carbocycles. The molecule has 2 aromatic carbocycles. The van der Waals surface area contributed by atoms with Crippen LogP contribution < -0.4 is 10.1 Å². The normalized spacial score (nSPS) is 16.6. The van der Waals surface area contributed by atoms with Gasteiger partial charge in [-0.1, -0.05) is 12.1 Å². The third-order valence-electron chi connectivity index (χ3n) is 3.66. The molecule has 1 N–H and O–H groups in total. The van der Waals surface area contributed by atoms with Crippen LogP contribution >= 0.6 is 11.8 Å². The monoisotopic (exact) mass is 285 g/mol. The highest BCUT2D eigenvalue weighted by Gasteiger charge is 2.22. The van der Waals surface area contributed by atoms with Crippen LogP contribution in [-0.4, -0.2) is 12.9 Å². The van der Waals surface area contributed by atoms with Crippen LogP contribution in [0.4, 0.5) is 5.69 Å². The van der Waals surface area contributed by atoms with Crippen molar-refractivity contribution in [3.63, 3.8) is 0 Å². The Bertz CT molecular complexity index is 594. The summed E-state index contributed by atoms with van der Waals surface area (Å²) in [4.78, 5) is 1.31. The van der Waals surface area contributed by atoms with E-state index in [0.29, 0.717) is 12.6 Å². The van der Waals surface area contributed by atoms with Crippen LogP contribution in [0, 0.1) is 0 Å². The molecule has 1 aliphatic heterocycles. The van der Waals surface area contributed by atoms with Gasteiger partial charge in [0, 0.05) is 10.6 Å². The van der Waals surface area contributed by atoms with Crippen molar-refractivity contribution in [3.05, 3.63) is 53.6 Å². The molecule has 20 heavy (non-hydrogen) atoms.